The van der Waals surface area contributed by atoms with Crippen molar-refractivity contribution in [3.05, 3.63) is 18.2 Å². The number of carbonyl (C=O) groups excluding carboxylic acids is 2. The third kappa shape index (κ3) is 3.01. The second-order valence-corrected chi connectivity index (χ2v) is 4.10. The number of nitrogens with zero attached hydrogens (tertiary/aromatic N) is 2. The highest BCUT2D eigenvalue weighted by Gasteiger charge is 2.08. The van der Waals surface area contributed by atoms with E-state index < -0.39 is 5.97 Å². The van der Waals surface area contributed by atoms with Gasteiger partial charge in [0.1, 0.15) is 17.6 Å². The van der Waals surface area contributed by atoms with E-state index in [4.69, 9.17) is 4.74 Å². The Hall–Kier alpha value is -2.02. The number of amides is 1. The van der Waals surface area contributed by atoms with E-state index in [1.54, 1.807) is 12.1 Å². The van der Waals surface area contributed by atoms with Crippen LogP contribution in [0.3, 0.4) is 0 Å². The van der Waals surface area contributed by atoms with Gasteiger partial charge in [0.25, 0.3) is 0 Å². The Kier molecular flexibility index (Phi) is 3.83. The largest absolute Gasteiger partial charge is 0.465 e. The summed E-state index contributed by atoms with van der Waals surface area (Å²) >= 11 is 1.10. The van der Waals surface area contributed by atoms with Gasteiger partial charge in [-0.05, 0) is 12.1 Å². The normalized spacial score (nSPS) is 10.3. The molecule has 0 aliphatic carbocycles. The smallest absolute Gasteiger partial charge is 0.302 e. The molecule has 1 amide bonds. The number of carbonyl (C=O) groups is 2. The molecule has 18 heavy (non-hydrogen) atoms. The third-order valence-electron chi connectivity index (χ3n) is 2.19. The SMILES string of the molecule is CC(=O)OCCC(=O)Nc1cccc2nsnc12. The van der Waals surface area contributed by atoms with E-state index in [2.05, 4.69) is 14.1 Å². The van der Waals surface area contributed by atoms with Gasteiger partial charge in [-0.15, -0.1) is 0 Å². The number of hydrogen-bond donors (Lipinski definition) is 1. The summed E-state index contributed by atoms with van der Waals surface area (Å²) in [5, 5.41) is 2.72. The van der Waals surface area contributed by atoms with Crippen LogP contribution < -0.4 is 5.32 Å². The van der Waals surface area contributed by atoms with Crippen LogP contribution in [0.25, 0.3) is 11.0 Å². The Morgan fingerprint density at radius 1 is 1.39 bits per heavy atom. The average Bonchev–Trinajstić information content (AvgIpc) is 2.77. The van der Waals surface area contributed by atoms with Crippen LogP contribution in [0.4, 0.5) is 5.69 Å². The average molecular weight is 265 g/mol. The fraction of sp³-hybridized carbons (Fsp3) is 0.273. The molecule has 0 saturated carbocycles. The summed E-state index contributed by atoms with van der Waals surface area (Å²) in [5.74, 6) is -0.620. The van der Waals surface area contributed by atoms with Gasteiger partial charge in [0.2, 0.25) is 5.91 Å². The summed E-state index contributed by atoms with van der Waals surface area (Å²) in [6.45, 7) is 1.38. The number of rotatable bonds is 4. The first kappa shape index (κ1) is 12.4. The third-order valence-corrected chi connectivity index (χ3v) is 2.74. The van der Waals surface area contributed by atoms with Crippen LogP contribution >= 0.6 is 11.7 Å². The molecular formula is C11H11N3O3S. The van der Waals surface area contributed by atoms with Crippen LogP contribution in [0.1, 0.15) is 13.3 Å². The number of fused-ring (bicyclic) bond motifs is 1. The van der Waals surface area contributed by atoms with Crippen LogP contribution in [0, 0.1) is 0 Å². The molecule has 0 radical (unpaired) electrons. The van der Waals surface area contributed by atoms with E-state index in [1.807, 2.05) is 6.07 Å². The molecule has 6 nitrogen and oxygen atoms in total. The van der Waals surface area contributed by atoms with Crippen molar-refractivity contribution >= 4 is 40.3 Å². The van der Waals surface area contributed by atoms with E-state index in [1.165, 1.54) is 6.92 Å². The first-order valence-electron chi connectivity index (χ1n) is 5.31. The molecule has 0 spiro atoms. The number of ether oxygens (including phenoxy) is 1. The second-order valence-electron chi connectivity index (χ2n) is 3.58. The fourth-order valence-electron chi connectivity index (χ4n) is 1.41. The highest BCUT2D eigenvalue weighted by atomic mass is 32.1. The summed E-state index contributed by atoms with van der Waals surface area (Å²) in [6, 6.07) is 5.38. The van der Waals surface area contributed by atoms with Crippen LogP contribution in [-0.4, -0.2) is 27.2 Å². The summed E-state index contributed by atoms with van der Waals surface area (Å²) in [7, 11) is 0. The molecular weight excluding hydrogens is 254 g/mol. The molecule has 1 heterocycles. The van der Waals surface area contributed by atoms with Gasteiger partial charge in [0, 0.05) is 6.92 Å². The Morgan fingerprint density at radius 3 is 3.00 bits per heavy atom. The van der Waals surface area contributed by atoms with Gasteiger partial charge in [-0.3, -0.25) is 9.59 Å². The Labute approximate surface area is 107 Å². The molecule has 1 aromatic carbocycles. The predicted molar refractivity (Wildman–Crippen MR) is 67.3 cm³/mol. The summed E-state index contributed by atoms with van der Waals surface area (Å²) in [6.07, 6.45) is 0.119. The van der Waals surface area contributed by atoms with Gasteiger partial charge in [-0.2, -0.15) is 8.75 Å². The quantitative estimate of drug-likeness (QED) is 0.849. The Bertz CT molecular complexity index is 582. The number of hydrogen-bond acceptors (Lipinski definition) is 6. The molecule has 0 unspecified atom stereocenters. The summed E-state index contributed by atoms with van der Waals surface area (Å²) < 4.78 is 12.9. The van der Waals surface area contributed by atoms with Crippen molar-refractivity contribution in [3.8, 4) is 0 Å². The number of aromatic nitrogens is 2. The minimum Gasteiger partial charge on any atom is -0.465 e. The molecule has 94 valence electrons. The fourth-order valence-corrected chi connectivity index (χ4v) is 1.96. The maximum Gasteiger partial charge on any atom is 0.302 e. The lowest BCUT2D eigenvalue weighted by molar-refractivity contribution is -0.141. The molecule has 0 atom stereocenters. The zero-order valence-corrected chi connectivity index (χ0v) is 10.5. The standard InChI is InChI=1S/C11H11N3O3S/c1-7(15)17-6-5-10(16)12-8-3-2-4-9-11(8)14-18-13-9/h2-4H,5-6H2,1H3,(H,12,16). The second kappa shape index (κ2) is 5.54. The zero-order chi connectivity index (χ0) is 13.0. The highest BCUT2D eigenvalue weighted by molar-refractivity contribution is 7.00. The zero-order valence-electron chi connectivity index (χ0n) is 9.67. The van der Waals surface area contributed by atoms with Gasteiger partial charge in [0.15, 0.2) is 0 Å². The van der Waals surface area contributed by atoms with Crippen molar-refractivity contribution in [3.63, 3.8) is 0 Å². The predicted octanol–water partition coefficient (Wildman–Crippen LogP) is 1.58. The van der Waals surface area contributed by atoms with E-state index in [9.17, 15) is 9.59 Å². The minimum atomic E-state index is -0.395. The van der Waals surface area contributed by atoms with E-state index in [0.29, 0.717) is 11.2 Å². The van der Waals surface area contributed by atoms with Crippen LogP contribution in [0.15, 0.2) is 18.2 Å². The summed E-state index contributed by atoms with van der Waals surface area (Å²) in [4.78, 5) is 22.2. The van der Waals surface area contributed by atoms with Crippen LogP contribution in [-0.2, 0) is 14.3 Å². The van der Waals surface area contributed by atoms with E-state index >= 15 is 0 Å². The van der Waals surface area contributed by atoms with Crippen molar-refractivity contribution < 1.29 is 14.3 Å². The van der Waals surface area contributed by atoms with Gasteiger partial charge in [-0.1, -0.05) is 6.07 Å². The van der Waals surface area contributed by atoms with E-state index in [0.717, 1.165) is 17.2 Å². The van der Waals surface area contributed by atoms with Crippen molar-refractivity contribution in [2.75, 3.05) is 11.9 Å². The van der Waals surface area contributed by atoms with Gasteiger partial charge >= 0.3 is 5.97 Å². The molecule has 1 N–H and O–H groups in total. The lowest BCUT2D eigenvalue weighted by Gasteiger charge is -2.05. The lowest BCUT2D eigenvalue weighted by atomic mass is 10.2. The first-order valence-corrected chi connectivity index (χ1v) is 6.04. The van der Waals surface area contributed by atoms with Gasteiger partial charge in [-0.25, -0.2) is 0 Å². The molecule has 7 heteroatoms. The van der Waals surface area contributed by atoms with Crippen LogP contribution in [0.5, 0.6) is 0 Å². The number of anilines is 1. The van der Waals surface area contributed by atoms with Crippen molar-refractivity contribution in [1.29, 1.82) is 0 Å². The molecule has 0 fully saturated rings. The van der Waals surface area contributed by atoms with Crippen LogP contribution in [0.2, 0.25) is 0 Å². The molecule has 2 rings (SSSR count). The first-order chi connectivity index (χ1) is 8.66. The molecule has 0 saturated heterocycles. The van der Waals surface area contributed by atoms with Gasteiger partial charge < -0.3 is 10.1 Å². The van der Waals surface area contributed by atoms with E-state index in [-0.39, 0.29) is 18.9 Å². The monoisotopic (exact) mass is 265 g/mol. The van der Waals surface area contributed by atoms with Crippen molar-refractivity contribution in [2.45, 2.75) is 13.3 Å². The number of esters is 1. The van der Waals surface area contributed by atoms with Crippen molar-refractivity contribution in [1.82, 2.24) is 8.75 Å². The highest BCUT2D eigenvalue weighted by Crippen LogP contribution is 2.21. The Balaban J connectivity index is 1.98. The number of benzene rings is 1. The molecule has 0 bridgehead atoms. The number of nitrogens with one attached hydrogen (secondary N) is 1. The lowest BCUT2D eigenvalue weighted by Crippen LogP contribution is -2.15. The minimum absolute atomic E-state index is 0.0759. The maximum absolute atomic E-state index is 11.6. The molecule has 0 aliphatic heterocycles. The summed E-state index contributed by atoms with van der Waals surface area (Å²) in [5.41, 5.74) is 2.04. The Morgan fingerprint density at radius 2 is 2.22 bits per heavy atom. The molecule has 1 aromatic heterocycles. The molecule has 0 aliphatic rings. The van der Waals surface area contributed by atoms with Gasteiger partial charge in [0.05, 0.1) is 23.8 Å². The maximum atomic E-state index is 11.6. The topological polar surface area (TPSA) is 81.2 Å². The molecule has 2 aromatic rings. The van der Waals surface area contributed by atoms with Crippen molar-refractivity contribution in [2.24, 2.45) is 0 Å².